The Labute approximate surface area is 162 Å². The first-order valence-electron chi connectivity index (χ1n) is 9.12. The molecule has 2 heterocycles. The van der Waals surface area contributed by atoms with E-state index in [1.807, 2.05) is 65.6 Å². The molecule has 4 rings (SSSR count). The standard InChI is InChI=1S/C21H20N4O3/c26-20-18(23-19(28-20)16-7-3-1-4-8-16)15-24-11-13-25(14-12-24)21(27)22-17-9-5-2-6-10-17/h1-10,15H,11-14H2,(H,22,27). The van der Waals surface area contributed by atoms with Crippen molar-refractivity contribution in [3.05, 3.63) is 78.1 Å². The molecular weight excluding hydrogens is 356 g/mol. The number of amides is 2. The zero-order chi connectivity index (χ0) is 19.3. The van der Waals surface area contributed by atoms with Crippen molar-refractivity contribution in [3.63, 3.8) is 0 Å². The molecule has 1 saturated heterocycles. The van der Waals surface area contributed by atoms with E-state index in [4.69, 9.17) is 4.74 Å². The molecule has 1 fully saturated rings. The van der Waals surface area contributed by atoms with Gasteiger partial charge in [-0.05, 0) is 24.3 Å². The van der Waals surface area contributed by atoms with Crippen LogP contribution in [-0.2, 0) is 9.53 Å². The third-order valence-corrected chi connectivity index (χ3v) is 4.57. The van der Waals surface area contributed by atoms with Crippen molar-refractivity contribution in [2.24, 2.45) is 4.99 Å². The molecule has 7 heteroatoms. The monoisotopic (exact) mass is 376 g/mol. The number of nitrogens with zero attached hydrogens (tertiary/aromatic N) is 3. The summed E-state index contributed by atoms with van der Waals surface area (Å²) in [6, 6.07) is 18.6. The van der Waals surface area contributed by atoms with Crippen LogP contribution in [0.4, 0.5) is 10.5 Å². The quantitative estimate of drug-likeness (QED) is 0.660. The summed E-state index contributed by atoms with van der Waals surface area (Å²) in [6.07, 6.45) is 1.71. The van der Waals surface area contributed by atoms with E-state index >= 15 is 0 Å². The van der Waals surface area contributed by atoms with E-state index in [0.717, 1.165) is 11.3 Å². The van der Waals surface area contributed by atoms with Crippen LogP contribution in [0.25, 0.3) is 0 Å². The van der Waals surface area contributed by atoms with Crippen LogP contribution >= 0.6 is 0 Å². The van der Waals surface area contributed by atoms with Crippen LogP contribution in [0.15, 0.2) is 77.6 Å². The average molecular weight is 376 g/mol. The minimum atomic E-state index is -0.455. The highest BCUT2D eigenvalue weighted by Crippen LogP contribution is 2.17. The second-order valence-electron chi connectivity index (χ2n) is 6.51. The average Bonchev–Trinajstić information content (AvgIpc) is 3.10. The van der Waals surface area contributed by atoms with E-state index in [1.165, 1.54) is 0 Å². The number of urea groups is 1. The Bertz CT molecular complexity index is 917. The van der Waals surface area contributed by atoms with Crippen molar-refractivity contribution in [1.29, 1.82) is 0 Å². The molecule has 2 aromatic rings. The number of hydrogen-bond acceptors (Lipinski definition) is 5. The predicted octanol–water partition coefficient (Wildman–Crippen LogP) is 2.68. The van der Waals surface area contributed by atoms with Gasteiger partial charge in [-0.1, -0.05) is 36.4 Å². The first-order chi connectivity index (χ1) is 13.7. The molecule has 1 N–H and O–H groups in total. The van der Waals surface area contributed by atoms with Crippen molar-refractivity contribution < 1.29 is 14.3 Å². The summed E-state index contributed by atoms with van der Waals surface area (Å²) in [5.74, 6) is -0.138. The molecule has 2 amide bonds. The molecule has 0 atom stereocenters. The highest BCUT2D eigenvalue weighted by atomic mass is 16.6. The van der Waals surface area contributed by atoms with Crippen LogP contribution in [0, 0.1) is 0 Å². The lowest BCUT2D eigenvalue weighted by Crippen LogP contribution is -2.48. The van der Waals surface area contributed by atoms with Crippen LogP contribution in [0.3, 0.4) is 0 Å². The van der Waals surface area contributed by atoms with Gasteiger partial charge in [-0.2, -0.15) is 0 Å². The van der Waals surface area contributed by atoms with Crippen LogP contribution < -0.4 is 5.32 Å². The van der Waals surface area contributed by atoms with Gasteiger partial charge in [-0.3, -0.25) is 0 Å². The summed E-state index contributed by atoms with van der Waals surface area (Å²) in [5.41, 5.74) is 1.82. The second-order valence-corrected chi connectivity index (χ2v) is 6.51. The summed E-state index contributed by atoms with van der Waals surface area (Å²) in [7, 11) is 0. The molecule has 2 aromatic carbocycles. The van der Waals surface area contributed by atoms with E-state index in [0.29, 0.717) is 32.1 Å². The van der Waals surface area contributed by atoms with Crippen molar-refractivity contribution >= 4 is 23.6 Å². The van der Waals surface area contributed by atoms with Gasteiger partial charge in [0, 0.05) is 43.6 Å². The third-order valence-electron chi connectivity index (χ3n) is 4.57. The van der Waals surface area contributed by atoms with Gasteiger partial charge < -0.3 is 19.9 Å². The number of benzene rings is 2. The molecule has 0 unspecified atom stereocenters. The van der Waals surface area contributed by atoms with E-state index in [2.05, 4.69) is 10.3 Å². The van der Waals surface area contributed by atoms with Gasteiger partial charge in [-0.25, -0.2) is 14.6 Å². The largest absolute Gasteiger partial charge is 0.402 e. The Morgan fingerprint density at radius 3 is 2.29 bits per heavy atom. The molecule has 0 saturated carbocycles. The van der Waals surface area contributed by atoms with Crippen LogP contribution in [0.2, 0.25) is 0 Å². The summed E-state index contributed by atoms with van der Waals surface area (Å²) < 4.78 is 5.27. The van der Waals surface area contributed by atoms with Crippen molar-refractivity contribution in [2.45, 2.75) is 0 Å². The molecule has 0 radical (unpaired) electrons. The Morgan fingerprint density at radius 2 is 1.61 bits per heavy atom. The van der Waals surface area contributed by atoms with Crippen LogP contribution in [0.5, 0.6) is 0 Å². The minimum Gasteiger partial charge on any atom is -0.402 e. The van der Waals surface area contributed by atoms with Crippen LogP contribution in [0.1, 0.15) is 5.56 Å². The van der Waals surface area contributed by atoms with Crippen molar-refractivity contribution in [1.82, 2.24) is 9.80 Å². The maximum atomic E-state index is 12.4. The molecule has 2 aliphatic heterocycles. The first kappa shape index (κ1) is 17.8. The molecule has 0 bridgehead atoms. The Balaban J connectivity index is 1.35. The minimum absolute atomic E-state index is 0.122. The number of rotatable bonds is 3. The van der Waals surface area contributed by atoms with E-state index in [1.54, 1.807) is 11.1 Å². The number of hydrogen-bond donors (Lipinski definition) is 1. The molecule has 142 valence electrons. The Hall–Kier alpha value is -3.61. The zero-order valence-corrected chi connectivity index (χ0v) is 15.2. The van der Waals surface area contributed by atoms with E-state index in [9.17, 15) is 9.59 Å². The highest BCUT2D eigenvalue weighted by Gasteiger charge is 2.26. The first-order valence-corrected chi connectivity index (χ1v) is 9.12. The molecule has 0 aliphatic carbocycles. The van der Waals surface area contributed by atoms with Crippen LogP contribution in [-0.4, -0.2) is 53.9 Å². The van der Waals surface area contributed by atoms with Gasteiger partial charge in [0.2, 0.25) is 5.90 Å². The fourth-order valence-electron chi connectivity index (χ4n) is 3.05. The summed E-state index contributed by atoms with van der Waals surface area (Å²) in [4.78, 5) is 32.5. The lowest BCUT2D eigenvalue weighted by molar-refractivity contribution is -0.130. The van der Waals surface area contributed by atoms with Gasteiger partial charge in [0.1, 0.15) is 0 Å². The van der Waals surface area contributed by atoms with Gasteiger partial charge >= 0.3 is 12.0 Å². The SMILES string of the molecule is O=C1OC(c2ccccc2)=NC1=CN1CCN(C(=O)Nc2ccccc2)CC1. The number of carbonyl (C=O) groups is 2. The van der Waals surface area contributed by atoms with Gasteiger partial charge in [-0.15, -0.1) is 0 Å². The number of aliphatic imine (C=N–C) groups is 1. The fourth-order valence-corrected chi connectivity index (χ4v) is 3.05. The van der Waals surface area contributed by atoms with E-state index < -0.39 is 5.97 Å². The Morgan fingerprint density at radius 1 is 0.964 bits per heavy atom. The zero-order valence-electron chi connectivity index (χ0n) is 15.2. The second kappa shape index (κ2) is 7.96. The van der Waals surface area contributed by atoms with Gasteiger partial charge in [0.05, 0.1) is 0 Å². The van der Waals surface area contributed by atoms with E-state index in [-0.39, 0.29) is 11.7 Å². The molecule has 28 heavy (non-hydrogen) atoms. The normalized spacial score (nSPS) is 18.1. The summed E-state index contributed by atoms with van der Waals surface area (Å²) >= 11 is 0. The molecular formula is C21H20N4O3. The number of nitrogens with one attached hydrogen (secondary N) is 1. The maximum absolute atomic E-state index is 12.4. The van der Waals surface area contributed by atoms with Gasteiger partial charge in [0.25, 0.3) is 0 Å². The molecule has 0 spiro atoms. The molecule has 0 aromatic heterocycles. The van der Waals surface area contributed by atoms with Crippen molar-refractivity contribution in [3.8, 4) is 0 Å². The third kappa shape index (κ3) is 4.03. The predicted molar refractivity (Wildman–Crippen MR) is 106 cm³/mol. The number of cyclic esters (lactones) is 1. The number of carbonyl (C=O) groups excluding carboxylic acids is 2. The smallest absolute Gasteiger partial charge is 0.365 e. The maximum Gasteiger partial charge on any atom is 0.365 e. The highest BCUT2D eigenvalue weighted by molar-refractivity contribution is 6.11. The number of ether oxygens (including phenoxy) is 1. The lowest BCUT2D eigenvalue weighted by atomic mass is 10.2. The summed E-state index contributed by atoms with van der Waals surface area (Å²) in [5, 5.41) is 2.89. The molecule has 7 nitrogen and oxygen atoms in total. The molecule has 2 aliphatic rings. The lowest BCUT2D eigenvalue weighted by Gasteiger charge is -2.34. The van der Waals surface area contributed by atoms with Gasteiger partial charge in [0.15, 0.2) is 5.70 Å². The number of esters is 1. The fraction of sp³-hybridized carbons (Fsp3) is 0.190. The topological polar surface area (TPSA) is 74.2 Å². The Kier molecular flexibility index (Phi) is 5.05. The van der Waals surface area contributed by atoms with Crippen molar-refractivity contribution in [2.75, 3.05) is 31.5 Å². The number of para-hydroxylation sites is 1. The number of anilines is 1. The summed E-state index contributed by atoms with van der Waals surface area (Å²) in [6.45, 7) is 2.36. The number of piperazine rings is 1.